The van der Waals surface area contributed by atoms with Gasteiger partial charge in [0.15, 0.2) is 0 Å². The number of hydrogen-bond donors (Lipinski definition) is 7. The van der Waals surface area contributed by atoms with E-state index in [1.165, 1.54) is 11.1 Å². The van der Waals surface area contributed by atoms with Crippen LogP contribution < -0.4 is 21.3 Å². The second kappa shape index (κ2) is 20.3. The Hall–Kier alpha value is -1.90. The molecule has 11 nitrogen and oxygen atoms in total. The predicted molar refractivity (Wildman–Crippen MR) is 250 cm³/mol. The first-order chi connectivity index (χ1) is 27.7. The van der Waals surface area contributed by atoms with Crippen LogP contribution in [0.4, 0.5) is 0 Å². The fourth-order valence-corrected chi connectivity index (χ4v) is 15.2. The van der Waals surface area contributed by atoms with Crippen LogP contribution in [0.15, 0.2) is 48.5 Å². The van der Waals surface area contributed by atoms with E-state index < -0.39 is 29.7 Å². The summed E-state index contributed by atoms with van der Waals surface area (Å²) in [6.45, 7) is 9.27. The summed E-state index contributed by atoms with van der Waals surface area (Å²) in [5.74, 6) is 2.42. The lowest BCUT2D eigenvalue weighted by Gasteiger charge is -3.12. The molecule has 0 bridgehead atoms. The van der Waals surface area contributed by atoms with Crippen LogP contribution in [0.3, 0.4) is 0 Å². The highest BCUT2D eigenvalue weighted by atomic mass is 35.5. The molecule has 62 heavy (non-hydrogen) atoms. The first-order valence-corrected chi connectivity index (χ1v) is 22.1. The second-order valence-corrected chi connectivity index (χ2v) is 19.6. The van der Waals surface area contributed by atoms with Crippen LogP contribution >= 0.6 is 62.0 Å². The SMILES string of the molecule is Cl.Cl.Cl.Cl.Cl.O=C(O)[C@@H](Cc1cccc(CN(CCNCC23C4C5C6C4C2C6(C[C@H](C(=O)O)[C@H]2CCNC2)C53)Cc2cccc(C[C@H](C(=O)O)[C@H]3CCNC3)c2)c1)[C@H]1CCNC1. The minimum atomic E-state index is -0.717. The summed E-state index contributed by atoms with van der Waals surface area (Å²) in [7, 11) is 0. The Balaban J connectivity index is 0.00000145. The normalized spacial score (nSPS) is 34.6. The van der Waals surface area contributed by atoms with Crippen molar-refractivity contribution in [2.75, 3.05) is 58.9 Å². The van der Waals surface area contributed by atoms with Gasteiger partial charge in [-0.3, -0.25) is 19.3 Å². The number of nitrogens with zero attached hydrogens (tertiary/aromatic N) is 1. The summed E-state index contributed by atoms with van der Waals surface area (Å²) in [5.41, 5.74) is 5.20. The molecular weight excluding hydrogens is 896 g/mol. The monoisotopic (exact) mass is 959 g/mol. The number of carboxylic acids is 3. The van der Waals surface area contributed by atoms with Crippen molar-refractivity contribution in [3.05, 3.63) is 70.8 Å². The van der Waals surface area contributed by atoms with E-state index in [0.717, 1.165) is 144 Å². The molecule has 3 heterocycles. The first kappa shape index (κ1) is 51.1. The van der Waals surface area contributed by atoms with E-state index in [1.807, 2.05) is 0 Å². The van der Waals surface area contributed by atoms with E-state index in [9.17, 15) is 29.7 Å². The number of halogens is 5. The zero-order valence-electron chi connectivity index (χ0n) is 35.1. The highest BCUT2D eigenvalue weighted by Gasteiger charge is 3.09. The van der Waals surface area contributed by atoms with E-state index in [2.05, 4.69) is 74.7 Å². The second-order valence-electron chi connectivity index (χ2n) is 19.6. The van der Waals surface area contributed by atoms with Crippen molar-refractivity contribution in [1.82, 2.24) is 26.2 Å². The number of carboxylic acid groups (broad SMARTS) is 3. The summed E-state index contributed by atoms with van der Waals surface area (Å²) in [5, 5.41) is 44.5. The van der Waals surface area contributed by atoms with Crippen molar-refractivity contribution in [2.45, 2.75) is 51.6 Å². The van der Waals surface area contributed by atoms with Crippen LogP contribution in [-0.4, -0.2) is 97.0 Å². The molecule has 16 heteroatoms. The molecule has 2 aromatic rings. The van der Waals surface area contributed by atoms with Crippen molar-refractivity contribution in [3.63, 3.8) is 0 Å². The highest BCUT2D eigenvalue weighted by Crippen LogP contribution is 3.11. The van der Waals surface area contributed by atoms with Crippen LogP contribution in [0.1, 0.15) is 47.9 Å². The summed E-state index contributed by atoms with van der Waals surface area (Å²) in [4.78, 5) is 39.6. The summed E-state index contributed by atoms with van der Waals surface area (Å²) in [6, 6.07) is 17.0. The number of aliphatic carboxylic acids is 3. The fourth-order valence-electron chi connectivity index (χ4n) is 15.2. The smallest absolute Gasteiger partial charge is 0.307 e. The van der Waals surface area contributed by atoms with Gasteiger partial charge in [0.1, 0.15) is 0 Å². The van der Waals surface area contributed by atoms with Gasteiger partial charge >= 0.3 is 17.9 Å². The molecule has 9 fully saturated rings. The van der Waals surface area contributed by atoms with E-state index in [4.69, 9.17) is 0 Å². The zero-order valence-corrected chi connectivity index (χ0v) is 39.2. The Bertz CT molecular complexity index is 1790. The molecule has 0 radical (unpaired) electrons. The molecular formula is C46H66Cl5N5O6. The minimum Gasteiger partial charge on any atom is -0.481 e. The number of rotatable bonds is 21. The largest absolute Gasteiger partial charge is 0.481 e. The Morgan fingerprint density at radius 3 is 1.47 bits per heavy atom. The van der Waals surface area contributed by atoms with Gasteiger partial charge < -0.3 is 36.6 Å². The van der Waals surface area contributed by atoms with Gasteiger partial charge in [-0.25, -0.2) is 0 Å². The summed E-state index contributed by atoms with van der Waals surface area (Å²) >= 11 is 0. The molecule has 6 aliphatic carbocycles. The molecule has 4 unspecified atom stereocenters. The van der Waals surface area contributed by atoms with Crippen LogP contribution in [0, 0.1) is 81.8 Å². The van der Waals surface area contributed by atoms with Crippen molar-refractivity contribution >= 4 is 79.9 Å². The number of carbonyl (C=O) groups is 3. The standard InChI is InChI=1S/C46H61N5O6.5ClH/c52-42(53)33(30-7-10-47-20-30)17-26-3-1-5-28(15-26)23-51(24-29-6-2-4-27(16-29)18-34(43(54)55)31-8-11-48-21-31)14-13-50-25-46-39-36-38-37(39)41(46)45(38,40(36)46)19-35(44(56)57)32-9-12-49-22-32;;;;;/h1-6,15-16,30-41,47-50H,7-14,17-25H2,(H,52,53)(H,54,55)(H,56,57);5*1H/t30-,31-,32-,33-,34-,35-,36?,37?,38?,39?,40?,41?,45?,46?;;;;;/m0...../s1. The first-order valence-electron chi connectivity index (χ1n) is 22.1. The molecule has 0 amide bonds. The van der Waals surface area contributed by atoms with E-state index in [1.54, 1.807) is 0 Å². The van der Waals surface area contributed by atoms with Crippen LogP contribution in [0.25, 0.3) is 0 Å². The molecule has 0 aromatic heterocycles. The van der Waals surface area contributed by atoms with Crippen LogP contribution in [0.5, 0.6) is 0 Å². The van der Waals surface area contributed by atoms with Gasteiger partial charge in [-0.15, -0.1) is 62.0 Å². The number of benzene rings is 2. The lowest BCUT2D eigenvalue weighted by molar-refractivity contribution is -0.659. The van der Waals surface area contributed by atoms with Crippen molar-refractivity contribution in [1.29, 1.82) is 0 Å². The molecule has 6 saturated carbocycles. The Kier molecular flexibility index (Phi) is 16.7. The maximum Gasteiger partial charge on any atom is 0.307 e. The summed E-state index contributed by atoms with van der Waals surface area (Å²) < 4.78 is 0. The number of nitrogens with one attached hydrogen (secondary N) is 4. The average molecular weight is 962 g/mol. The Morgan fingerprint density at radius 1 is 0.629 bits per heavy atom. The van der Waals surface area contributed by atoms with E-state index in [-0.39, 0.29) is 85.7 Å². The van der Waals surface area contributed by atoms with Gasteiger partial charge in [0.25, 0.3) is 0 Å². The maximum absolute atomic E-state index is 12.5. The molecule has 9 aliphatic rings. The third-order valence-electron chi connectivity index (χ3n) is 17.3. The molecule has 2 aromatic carbocycles. The summed E-state index contributed by atoms with van der Waals surface area (Å²) in [6.07, 6.45) is 4.74. The molecule has 346 valence electrons. The molecule has 10 atom stereocenters. The topological polar surface area (TPSA) is 163 Å². The number of hydrogen-bond acceptors (Lipinski definition) is 8. The molecule has 3 aliphatic heterocycles. The van der Waals surface area contributed by atoms with Gasteiger partial charge in [-0.05, 0) is 164 Å². The Morgan fingerprint density at radius 2 is 1.05 bits per heavy atom. The van der Waals surface area contributed by atoms with Gasteiger partial charge in [0.05, 0.1) is 17.8 Å². The fraction of sp³-hybridized carbons (Fsp3) is 0.674. The van der Waals surface area contributed by atoms with Gasteiger partial charge in [0, 0.05) is 32.7 Å². The third kappa shape index (κ3) is 8.19. The third-order valence-corrected chi connectivity index (χ3v) is 17.3. The molecule has 11 rings (SSSR count). The average Bonchev–Trinajstić information content (AvgIpc) is 4.02. The molecule has 7 N–H and O–H groups in total. The van der Waals surface area contributed by atoms with Crippen LogP contribution in [0.2, 0.25) is 0 Å². The van der Waals surface area contributed by atoms with Gasteiger partial charge in [-0.2, -0.15) is 0 Å². The molecule has 3 saturated heterocycles. The zero-order chi connectivity index (χ0) is 39.1. The van der Waals surface area contributed by atoms with E-state index in [0.29, 0.717) is 23.7 Å². The van der Waals surface area contributed by atoms with E-state index >= 15 is 0 Å². The lowest BCUT2D eigenvalue weighted by atomic mass is 8.92. The Labute approximate surface area is 396 Å². The van der Waals surface area contributed by atoms with Gasteiger partial charge in [-0.1, -0.05) is 48.5 Å². The van der Waals surface area contributed by atoms with Crippen molar-refractivity contribution < 1.29 is 29.7 Å². The lowest BCUT2D eigenvalue weighted by Crippen LogP contribution is -3.10. The van der Waals surface area contributed by atoms with Gasteiger partial charge in [0.2, 0.25) is 0 Å². The minimum absolute atomic E-state index is 0. The highest BCUT2D eigenvalue weighted by molar-refractivity contribution is 5.86. The van der Waals surface area contributed by atoms with Crippen LogP contribution in [-0.2, 0) is 40.3 Å². The maximum atomic E-state index is 12.5. The van der Waals surface area contributed by atoms with Crippen molar-refractivity contribution in [2.24, 2.45) is 81.8 Å². The quantitative estimate of drug-likeness (QED) is 0.0789. The van der Waals surface area contributed by atoms with Crippen molar-refractivity contribution in [3.8, 4) is 0 Å². The molecule has 0 spiro atoms. The predicted octanol–water partition coefficient (Wildman–Crippen LogP) is 5.53.